The van der Waals surface area contributed by atoms with Gasteiger partial charge in [-0.25, -0.2) is 14.5 Å². The first-order valence-corrected chi connectivity index (χ1v) is 15.2. The van der Waals surface area contributed by atoms with Gasteiger partial charge in [0.05, 0.1) is 19.8 Å². The van der Waals surface area contributed by atoms with Crippen LogP contribution in [0.25, 0.3) is 0 Å². The maximum Gasteiger partial charge on any atom is 0.335 e. The lowest BCUT2D eigenvalue weighted by atomic mass is 9.72. The van der Waals surface area contributed by atoms with Crippen molar-refractivity contribution in [2.75, 3.05) is 19.8 Å². The highest BCUT2D eigenvalue weighted by Gasteiger charge is 2.71. The zero-order chi connectivity index (χ0) is 37.7. The van der Waals surface area contributed by atoms with Crippen LogP contribution in [0, 0.1) is 0 Å². The second-order valence-corrected chi connectivity index (χ2v) is 12.6. The number of aliphatic hydroxyl groups excluding tert-OH is 15. The minimum Gasteiger partial charge on any atom is -0.480 e. The number of aliphatic carboxylic acids is 2. The summed E-state index contributed by atoms with van der Waals surface area (Å²) in [7, 11) is 0. The van der Waals surface area contributed by atoms with Crippen LogP contribution in [0.15, 0.2) is 0 Å². The molecule has 0 bridgehead atoms. The van der Waals surface area contributed by atoms with Gasteiger partial charge in [0, 0.05) is 0 Å². The minimum atomic E-state index is -3.90. The van der Waals surface area contributed by atoms with Crippen LogP contribution in [0.1, 0.15) is 0 Å². The van der Waals surface area contributed by atoms with E-state index in [-0.39, 0.29) is 4.90 Å². The Labute approximate surface area is 280 Å². The standard InChI is InChI=1S/C26H43NO23/c28-1-5-8(32)10(34)15(39)21(48-5)26(25(45)46,20(42)18-13(37)12(36)14(38)19(50-18)24(43)44)27(22-16(40)7(31)4(30)3-47-22)23-17(41)11(35)9(33)6(2-29)49-23/h4-23,28-42H,1-3H2,(H,43,44)(H,45,46)/t4-,5-,6-,7+,8+,9+,10+,11+,12-,13-,14+,15-,16-,17-,18?,19+,20?,21?,22?,23?,26-/m1/s1. The van der Waals surface area contributed by atoms with Crippen LogP contribution in [0.2, 0.25) is 0 Å². The summed E-state index contributed by atoms with van der Waals surface area (Å²) in [5, 5.41) is 181. The van der Waals surface area contributed by atoms with Crippen molar-refractivity contribution in [3.8, 4) is 0 Å². The Hall–Kier alpha value is -1.86. The molecule has 17 N–H and O–H groups in total. The molecule has 21 atom stereocenters. The summed E-state index contributed by atoms with van der Waals surface area (Å²) >= 11 is 0. The first kappa shape index (κ1) is 40.9. The largest absolute Gasteiger partial charge is 0.480 e. The average molecular weight is 738 g/mol. The summed E-state index contributed by atoms with van der Waals surface area (Å²) in [5.41, 5.74) is -3.90. The van der Waals surface area contributed by atoms with Gasteiger partial charge in [0.2, 0.25) is 0 Å². The molecule has 0 aromatic carbocycles. The van der Waals surface area contributed by atoms with Crippen molar-refractivity contribution in [3.63, 3.8) is 0 Å². The third kappa shape index (κ3) is 6.62. The zero-order valence-electron chi connectivity index (χ0n) is 25.7. The fourth-order valence-electron chi connectivity index (χ4n) is 6.83. The third-order valence-electron chi connectivity index (χ3n) is 9.64. The van der Waals surface area contributed by atoms with E-state index >= 15 is 0 Å². The number of hydrogen-bond acceptors (Lipinski definition) is 22. The Kier molecular flexibility index (Phi) is 12.8. The number of rotatable bonds is 10. The van der Waals surface area contributed by atoms with Gasteiger partial charge in [-0.1, -0.05) is 0 Å². The van der Waals surface area contributed by atoms with Crippen molar-refractivity contribution in [2.24, 2.45) is 0 Å². The molecule has 24 nitrogen and oxygen atoms in total. The summed E-state index contributed by atoms with van der Waals surface area (Å²) in [5.74, 6) is -4.52. The van der Waals surface area contributed by atoms with Crippen molar-refractivity contribution in [2.45, 2.75) is 128 Å². The summed E-state index contributed by atoms with van der Waals surface area (Å²) in [6.45, 7) is -3.40. The van der Waals surface area contributed by atoms with E-state index in [4.69, 9.17) is 18.9 Å². The van der Waals surface area contributed by atoms with Gasteiger partial charge >= 0.3 is 11.9 Å². The van der Waals surface area contributed by atoms with Crippen LogP contribution >= 0.6 is 0 Å². The number of nitrogens with zero attached hydrogens (tertiary/aromatic N) is 1. The van der Waals surface area contributed by atoms with E-state index in [9.17, 15) is 96.4 Å². The van der Waals surface area contributed by atoms with Gasteiger partial charge in [-0.3, -0.25) is 0 Å². The van der Waals surface area contributed by atoms with Crippen molar-refractivity contribution in [1.82, 2.24) is 4.90 Å². The van der Waals surface area contributed by atoms with E-state index in [0.29, 0.717) is 0 Å². The van der Waals surface area contributed by atoms with E-state index < -0.39 is 160 Å². The Balaban J connectivity index is 2.08. The number of carboxylic acid groups (broad SMARTS) is 2. The second-order valence-electron chi connectivity index (χ2n) is 12.6. The van der Waals surface area contributed by atoms with Gasteiger partial charge in [0.25, 0.3) is 0 Å². The zero-order valence-corrected chi connectivity index (χ0v) is 25.7. The lowest BCUT2D eigenvalue weighted by molar-refractivity contribution is -0.362. The third-order valence-corrected chi connectivity index (χ3v) is 9.64. The normalized spacial score (nSPS) is 49.2. The van der Waals surface area contributed by atoms with E-state index in [1.165, 1.54) is 0 Å². The SMILES string of the molecule is O=C(O)[C@H]1OC(C(O)[C@](C(=O)O)(C2O[C@H](CO)[C@H](O)[C@H](O)[C@H]2O)N(C2O[C@H](CO)[C@H](O)[C@H](O)[C@H]2O)C2OC[C@@H](O)[C@H](O)[C@H]2O)[C@H](O)[C@@H](O)[C@@H]1O. The van der Waals surface area contributed by atoms with Gasteiger partial charge in [0.1, 0.15) is 116 Å². The van der Waals surface area contributed by atoms with Crippen LogP contribution < -0.4 is 0 Å². The minimum absolute atomic E-state index is 0.0538. The Morgan fingerprint density at radius 3 is 1.64 bits per heavy atom. The summed E-state index contributed by atoms with van der Waals surface area (Å²) in [6, 6.07) is 0. The molecule has 0 amide bonds. The number of carboxylic acids is 2. The molecule has 24 heteroatoms. The van der Waals surface area contributed by atoms with Crippen LogP contribution in [0.4, 0.5) is 0 Å². The molecule has 4 fully saturated rings. The molecule has 4 saturated heterocycles. The predicted octanol–water partition coefficient (Wildman–Crippen LogP) is -11.5. The van der Waals surface area contributed by atoms with Gasteiger partial charge in [-0.2, -0.15) is 0 Å². The number of hydrogen-bond donors (Lipinski definition) is 17. The molecule has 0 aliphatic carbocycles. The predicted molar refractivity (Wildman–Crippen MR) is 148 cm³/mol. The van der Waals surface area contributed by atoms with Crippen molar-refractivity contribution in [1.29, 1.82) is 0 Å². The van der Waals surface area contributed by atoms with Crippen LogP contribution in [0.5, 0.6) is 0 Å². The summed E-state index contributed by atoms with van der Waals surface area (Å²) in [6.07, 6.45) is -49.2. The summed E-state index contributed by atoms with van der Waals surface area (Å²) < 4.78 is 21.6. The quantitative estimate of drug-likeness (QED) is 0.0989. The molecule has 0 aromatic rings. The van der Waals surface area contributed by atoms with E-state index in [1.807, 2.05) is 0 Å². The van der Waals surface area contributed by atoms with Crippen LogP contribution in [-0.2, 0) is 28.5 Å². The van der Waals surface area contributed by atoms with E-state index in [1.54, 1.807) is 0 Å². The molecule has 0 radical (unpaired) electrons. The smallest absolute Gasteiger partial charge is 0.335 e. The molecule has 4 rings (SSSR count). The van der Waals surface area contributed by atoms with Crippen molar-refractivity contribution >= 4 is 11.9 Å². The molecule has 0 saturated carbocycles. The fourth-order valence-corrected chi connectivity index (χ4v) is 6.83. The topological polar surface area (TPSA) is 418 Å². The molecule has 5 unspecified atom stereocenters. The Morgan fingerprint density at radius 1 is 0.620 bits per heavy atom. The highest BCUT2D eigenvalue weighted by atomic mass is 16.6. The molecule has 4 aliphatic heterocycles. The highest BCUT2D eigenvalue weighted by molar-refractivity contribution is 5.81. The number of ether oxygens (including phenoxy) is 4. The van der Waals surface area contributed by atoms with Gasteiger partial charge < -0.3 is 106 Å². The number of aliphatic hydroxyl groups is 15. The lowest BCUT2D eigenvalue weighted by Gasteiger charge is -2.60. The monoisotopic (exact) mass is 737 g/mol. The van der Waals surface area contributed by atoms with Crippen LogP contribution in [-0.4, -0.2) is 251 Å². The molecule has 4 aliphatic rings. The number of carbonyl (C=O) groups is 2. The molecular formula is C26H43NO23. The van der Waals surface area contributed by atoms with Gasteiger partial charge in [-0.05, 0) is 0 Å². The molecule has 50 heavy (non-hydrogen) atoms. The molecular weight excluding hydrogens is 694 g/mol. The fraction of sp³-hybridized carbons (Fsp3) is 0.923. The van der Waals surface area contributed by atoms with Gasteiger partial charge in [0.15, 0.2) is 11.6 Å². The van der Waals surface area contributed by atoms with Gasteiger partial charge in [-0.15, -0.1) is 0 Å². The second kappa shape index (κ2) is 15.6. The molecule has 4 heterocycles. The van der Waals surface area contributed by atoms with E-state index in [2.05, 4.69) is 0 Å². The average Bonchev–Trinajstić information content (AvgIpc) is 3.07. The molecule has 290 valence electrons. The highest BCUT2D eigenvalue weighted by Crippen LogP contribution is 2.44. The first-order valence-electron chi connectivity index (χ1n) is 15.2. The summed E-state index contributed by atoms with van der Waals surface area (Å²) in [4.78, 5) is 25.9. The van der Waals surface area contributed by atoms with Crippen molar-refractivity contribution < 1.29 is 115 Å². The van der Waals surface area contributed by atoms with Crippen molar-refractivity contribution in [3.05, 3.63) is 0 Å². The first-order chi connectivity index (χ1) is 23.3. The molecule has 0 aromatic heterocycles. The lowest BCUT2D eigenvalue weighted by Crippen LogP contribution is -2.84. The Morgan fingerprint density at radius 2 is 1.12 bits per heavy atom. The maximum atomic E-state index is 13.9. The van der Waals surface area contributed by atoms with E-state index in [0.717, 1.165) is 0 Å². The molecule has 0 spiro atoms. The van der Waals surface area contributed by atoms with Crippen LogP contribution in [0.3, 0.4) is 0 Å². The maximum absolute atomic E-state index is 13.9. The Bertz CT molecular complexity index is 1180.